The normalized spacial score (nSPS) is 27.5. The summed E-state index contributed by atoms with van der Waals surface area (Å²) in [6, 6.07) is 0. The molecular formula is C14H29N3O. The lowest BCUT2D eigenvalue weighted by Crippen LogP contribution is -2.61. The third-order valence-corrected chi connectivity index (χ3v) is 5.16. The molecule has 18 heavy (non-hydrogen) atoms. The van der Waals surface area contributed by atoms with E-state index in [1.165, 1.54) is 25.9 Å². The van der Waals surface area contributed by atoms with Crippen molar-refractivity contribution in [2.45, 2.75) is 38.1 Å². The quantitative estimate of drug-likeness (QED) is 0.768. The van der Waals surface area contributed by atoms with Gasteiger partial charge in [0.1, 0.15) is 0 Å². The lowest BCUT2D eigenvalue weighted by molar-refractivity contribution is -0.000916. The minimum absolute atomic E-state index is 0.242. The summed E-state index contributed by atoms with van der Waals surface area (Å²) in [6.07, 6.45) is 4.69. The number of aliphatic hydroxyl groups excluding tert-OH is 1. The van der Waals surface area contributed by atoms with Gasteiger partial charge in [0.15, 0.2) is 0 Å². The van der Waals surface area contributed by atoms with Gasteiger partial charge in [-0.2, -0.15) is 0 Å². The smallest absolute Gasteiger partial charge is 0.0460 e. The molecule has 4 nitrogen and oxygen atoms in total. The maximum Gasteiger partial charge on any atom is 0.0460 e. The molecule has 0 atom stereocenters. The van der Waals surface area contributed by atoms with Gasteiger partial charge in [-0.15, -0.1) is 0 Å². The van der Waals surface area contributed by atoms with E-state index < -0.39 is 0 Å². The molecule has 4 heteroatoms. The lowest BCUT2D eigenvalue weighted by Gasteiger charge is -2.50. The van der Waals surface area contributed by atoms with Crippen LogP contribution in [0.1, 0.15) is 32.6 Å². The van der Waals surface area contributed by atoms with Crippen LogP contribution in [0.5, 0.6) is 0 Å². The summed E-state index contributed by atoms with van der Waals surface area (Å²) in [5.41, 5.74) is 6.36. The third-order valence-electron chi connectivity index (χ3n) is 5.16. The lowest BCUT2D eigenvalue weighted by atomic mass is 9.83. The van der Waals surface area contributed by atoms with Gasteiger partial charge in [-0.1, -0.05) is 6.92 Å². The van der Waals surface area contributed by atoms with E-state index in [1.54, 1.807) is 0 Å². The number of hydrogen-bond acceptors (Lipinski definition) is 4. The van der Waals surface area contributed by atoms with Crippen molar-refractivity contribution in [1.29, 1.82) is 0 Å². The first kappa shape index (κ1) is 14.3. The van der Waals surface area contributed by atoms with Crippen molar-refractivity contribution < 1.29 is 5.11 Å². The molecule has 3 N–H and O–H groups in total. The zero-order chi connectivity index (χ0) is 13.0. The number of likely N-dealkylation sites (tertiary alicyclic amines) is 2. The summed E-state index contributed by atoms with van der Waals surface area (Å²) in [4.78, 5) is 5.14. The number of rotatable bonds is 4. The minimum Gasteiger partial charge on any atom is -0.396 e. The molecule has 2 rings (SSSR count). The molecule has 0 aliphatic carbocycles. The Balaban J connectivity index is 1.92. The highest BCUT2D eigenvalue weighted by molar-refractivity contribution is 4.97. The fraction of sp³-hybridized carbons (Fsp3) is 1.00. The summed E-state index contributed by atoms with van der Waals surface area (Å²) in [5, 5.41) is 9.23. The fourth-order valence-electron chi connectivity index (χ4n) is 3.52. The Hall–Kier alpha value is -0.160. The van der Waals surface area contributed by atoms with Gasteiger partial charge >= 0.3 is 0 Å². The second-order valence-corrected chi connectivity index (χ2v) is 5.98. The van der Waals surface area contributed by atoms with Crippen LogP contribution in [0.4, 0.5) is 0 Å². The number of nitrogens with two attached hydrogens (primary N) is 1. The predicted molar refractivity (Wildman–Crippen MR) is 74.5 cm³/mol. The van der Waals surface area contributed by atoms with Gasteiger partial charge in [-0.05, 0) is 64.3 Å². The summed E-state index contributed by atoms with van der Waals surface area (Å²) >= 11 is 0. The molecule has 0 spiro atoms. The van der Waals surface area contributed by atoms with E-state index in [0.29, 0.717) is 12.5 Å². The predicted octanol–water partition coefficient (Wildman–Crippen LogP) is 0.504. The van der Waals surface area contributed by atoms with Crippen LogP contribution in [0.15, 0.2) is 0 Å². The van der Waals surface area contributed by atoms with Crippen LogP contribution in [-0.2, 0) is 0 Å². The molecule has 2 heterocycles. The first-order chi connectivity index (χ1) is 8.74. The van der Waals surface area contributed by atoms with Gasteiger partial charge < -0.3 is 15.7 Å². The molecule has 2 fully saturated rings. The Morgan fingerprint density at radius 2 is 1.78 bits per heavy atom. The average Bonchev–Trinajstić information content (AvgIpc) is 2.47. The maximum atomic E-state index is 9.23. The summed E-state index contributed by atoms with van der Waals surface area (Å²) < 4.78 is 0. The van der Waals surface area contributed by atoms with Gasteiger partial charge in [0.2, 0.25) is 0 Å². The van der Waals surface area contributed by atoms with Crippen molar-refractivity contribution in [3.8, 4) is 0 Å². The molecule has 106 valence electrons. The minimum atomic E-state index is 0.242. The average molecular weight is 255 g/mol. The molecule has 2 aliphatic rings. The van der Waals surface area contributed by atoms with Crippen LogP contribution >= 0.6 is 0 Å². The molecule has 0 saturated carbocycles. The van der Waals surface area contributed by atoms with E-state index >= 15 is 0 Å². The van der Waals surface area contributed by atoms with Crippen molar-refractivity contribution in [3.63, 3.8) is 0 Å². The van der Waals surface area contributed by atoms with Crippen molar-refractivity contribution >= 4 is 0 Å². The Kier molecular flexibility index (Phi) is 5.01. The highest BCUT2D eigenvalue weighted by Crippen LogP contribution is 2.31. The first-order valence-electron chi connectivity index (χ1n) is 7.52. The molecule has 0 amide bonds. The zero-order valence-corrected chi connectivity index (χ0v) is 11.8. The largest absolute Gasteiger partial charge is 0.396 e. The first-order valence-corrected chi connectivity index (χ1v) is 7.52. The summed E-state index contributed by atoms with van der Waals surface area (Å²) in [6.45, 7) is 9.15. The van der Waals surface area contributed by atoms with E-state index in [1.807, 2.05) is 0 Å². The number of hydrogen-bond donors (Lipinski definition) is 2. The van der Waals surface area contributed by atoms with Crippen molar-refractivity contribution in [2.75, 3.05) is 45.9 Å². The highest BCUT2D eigenvalue weighted by atomic mass is 16.3. The number of piperidine rings is 2. The van der Waals surface area contributed by atoms with Crippen LogP contribution in [-0.4, -0.2) is 66.3 Å². The molecule has 2 saturated heterocycles. The topological polar surface area (TPSA) is 52.7 Å². The molecule has 0 unspecified atom stereocenters. The van der Waals surface area contributed by atoms with Gasteiger partial charge in [0.25, 0.3) is 0 Å². The third kappa shape index (κ3) is 2.87. The van der Waals surface area contributed by atoms with E-state index in [2.05, 4.69) is 16.7 Å². The second-order valence-electron chi connectivity index (χ2n) is 5.98. The Bertz CT molecular complexity index is 243. The number of aliphatic hydroxyl groups is 1. The molecule has 0 radical (unpaired) electrons. The molecule has 0 aromatic carbocycles. The van der Waals surface area contributed by atoms with Crippen LogP contribution in [0.3, 0.4) is 0 Å². The Labute approximate surface area is 111 Å². The molecule has 0 bridgehead atoms. The SMILES string of the molecule is CCN1CCC(CN)(N2CCC(CO)CC2)CC1. The highest BCUT2D eigenvalue weighted by Gasteiger charge is 2.39. The zero-order valence-electron chi connectivity index (χ0n) is 11.8. The number of nitrogens with zero attached hydrogens (tertiary/aromatic N) is 2. The molecular weight excluding hydrogens is 226 g/mol. The standard InChI is InChI=1S/C14H29N3O/c1-2-16-9-5-14(12-15,6-10-16)17-7-3-13(11-18)4-8-17/h13,18H,2-12,15H2,1H3. The van der Waals surface area contributed by atoms with E-state index in [9.17, 15) is 5.11 Å². The van der Waals surface area contributed by atoms with Crippen molar-refractivity contribution in [1.82, 2.24) is 9.80 Å². The van der Waals surface area contributed by atoms with E-state index in [4.69, 9.17) is 5.73 Å². The van der Waals surface area contributed by atoms with Gasteiger partial charge in [0, 0.05) is 18.7 Å². The van der Waals surface area contributed by atoms with Gasteiger partial charge in [-0.3, -0.25) is 4.90 Å². The van der Waals surface area contributed by atoms with Crippen LogP contribution < -0.4 is 5.73 Å². The Morgan fingerprint density at radius 1 is 1.17 bits per heavy atom. The van der Waals surface area contributed by atoms with Gasteiger partial charge in [-0.25, -0.2) is 0 Å². The summed E-state index contributed by atoms with van der Waals surface area (Å²) in [5.74, 6) is 0.520. The van der Waals surface area contributed by atoms with Crippen LogP contribution in [0.2, 0.25) is 0 Å². The van der Waals surface area contributed by atoms with Crippen LogP contribution in [0.25, 0.3) is 0 Å². The van der Waals surface area contributed by atoms with Crippen molar-refractivity contribution in [2.24, 2.45) is 11.7 Å². The second kappa shape index (κ2) is 6.33. The van der Waals surface area contributed by atoms with Crippen molar-refractivity contribution in [3.05, 3.63) is 0 Å². The van der Waals surface area contributed by atoms with E-state index in [0.717, 1.165) is 39.0 Å². The molecule has 2 aliphatic heterocycles. The molecule has 0 aromatic rings. The fourth-order valence-corrected chi connectivity index (χ4v) is 3.52. The summed E-state index contributed by atoms with van der Waals surface area (Å²) in [7, 11) is 0. The van der Waals surface area contributed by atoms with Crippen LogP contribution in [0, 0.1) is 5.92 Å². The Morgan fingerprint density at radius 3 is 2.22 bits per heavy atom. The van der Waals surface area contributed by atoms with Gasteiger partial charge in [0.05, 0.1) is 0 Å². The monoisotopic (exact) mass is 255 g/mol. The maximum absolute atomic E-state index is 9.23. The van der Waals surface area contributed by atoms with E-state index in [-0.39, 0.29) is 5.54 Å². The molecule has 0 aromatic heterocycles.